The number of aromatic nitrogens is 1. The monoisotopic (exact) mass is 764 g/mol. The number of ether oxygens (including phenoxy) is 2. The average molecular weight is 767 g/mol. The van der Waals surface area contributed by atoms with Crippen LogP contribution in [0.5, 0.6) is 17.4 Å². The van der Waals surface area contributed by atoms with Crippen molar-refractivity contribution in [3.05, 3.63) is 92.0 Å². The maximum atomic E-state index is 12.6. The molecular formula is C31H30Cl5N2O6PS. The van der Waals surface area contributed by atoms with Crippen LogP contribution >= 0.6 is 64.7 Å². The lowest BCUT2D eigenvalue weighted by atomic mass is 10.1. The van der Waals surface area contributed by atoms with E-state index in [0.717, 1.165) is 0 Å². The van der Waals surface area contributed by atoms with E-state index in [1.165, 1.54) is 6.07 Å². The molecule has 0 aliphatic heterocycles. The summed E-state index contributed by atoms with van der Waals surface area (Å²) in [7, 11) is 0. The summed E-state index contributed by atoms with van der Waals surface area (Å²) in [5.41, 5.74) is 0.231. The summed E-state index contributed by atoms with van der Waals surface area (Å²) in [6, 6.07) is 19.7. The van der Waals surface area contributed by atoms with Crippen LogP contribution in [-0.2, 0) is 30.4 Å². The lowest BCUT2D eigenvalue weighted by Gasteiger charge is -2.20. The summed E-state index contributed by atoms with van der Waals surface area (Å²) in [5, 5.41) is 10.0. The summed E-state index contributed by atoms with van der Waals surface area (Å²) >= 11 is 34.1. The third kappa shape index (κ3) is 10.7. The molecule has 1 heterocycles. The highest BCUT2D eigenvalue weighted by atomic mass is 35.5. The smallest absolute Gasteiger partial charge is 0.381 e. The number of pyridine rings is 1. The number of hydrogen-bond acceptors (Lipinski definition) is 9. The van der Waals surface area contributed by atoms with Gasteiger partial charge in [0.2, 0.25) is 12.0 Å². The largest absolute Gasteiger partial charge is 0.457 e. The zero-order valence-electron chi connectivity index (χ0n) is 25.1. The van der Waals surface area contributed by atoms with Gasteiger partial charge in [0.25, 0.3) is 0 Å². The van der Waals surface area contributed by atoms with E-state index in [2.05, 4.69) is 4.98 Å². The molecule has 0 bridgehead atoms. The standard InChI is InChI=1S/C22H19Cl2NO3.C9H11Cl3NO3PS/c1-22(2)17(12-19(23)24)20(22)21(26)28-18(13-25)14-7-6-10-16(11-14)27-15-8-4-3-5-9-15;1-3-14-17(18,15-4-2)16-9-7(11)5-6(10)8(12)13-9/h3-12,17-18,20H,1-2H3;5H,3-4H2,1-2H3/t17?,18-,20?;/m1./s1. The van der Waals surface area contributed by atoms with E-state index in [0.29, 0.717) is 30.3 Å². The van der Waals surface area contributed by atoms with E-state index in [1.807, 2.05) is 50.2 Å². The van der Waals surface area contributed by atoms with Crippen molar-refractivity contribution in [1.29, 1.82) is 5.26 Å². The molecule has 1 aliphatic rings. The summed E-state index contributed by atoms with van der Waals surface area (Å²) in [5.74, 6) is 0.341. The van der Waals surface area contributed by atoms with Gasteiger partial charge in [-0.05, 0) is 61.6 Å². The number of rotatable bonds is 12. The Bertz CT molecular complexity index is 1630. The van der Waals surface area contributed by atoms with Gasteiger partial charge in [-0.2, -0.15) is 10.2 Å². The van der Waals surface area contributed by atoms with Crippen LogP contribution in [0, 0.1) is 28.6 Å². The molecule has 0 amide bonds. The van der Waals surface area contributed by atoms with Crippen LogP contribution in [0.1, 0.15) is 39.4 Å². The summed E-state index contributed by atoms with van der Waals surface area (Å²) in [6.45, 7) is 5.24. The Morgan fingerprint density at radius 2 is 1.65 bits per heavy atom. The molecule has 0 saturated heterocycles. The van der Waals surface area contributed by atoms with E-state index < -0.39 is 18.8 Å². The number of halogens is 5. The van der Waals surface area contributed by atoms with Gasteiger partial charge < -0.3 is 14.0 Å². The van der Waals surface area contributed by atoms with Crippen molar-refractivity contribution in [3.63, 3.8) is 0 Å². The first kappa shape index (κ1) is 38.4. The zero-order valence-corrected chi connectivity index (χ0v) is 30.6. The molecule has 8 nitrogen and oxygen atoms in total. The van der Waals surface area contributed by atoms with Gasteiger partial charge in [-0.15, -0.1) is 0 Å². The van der Waals surface area contributed by atoms with E-state index in [9.17, 15) is 10.1 Å². The number of carbonyl (C=O) groups is 1. The molecule has 46 heavy (non-hydrogen) atoms. The maximum absolute atomic E-state index is 12.6. The second kappa shape index (κ2) is 17.3. The Kier molecular flexibility index (Phi) is 14.5. The number of benzene rings is 2. The van der Waals surface area contributed by atoms with Crippen LogP contribution in [0.15, 0.2) is 71.2 Å². The van der Waals surface area contributed by atoms with E-state index >= 15 is 0 Å². The molecule has 1 aliphatic carbocycles. The number of allylic oxidation sites excluding steroid dienone is 1. The van der Waals surface area contributed by atoms with Gasteiger partial charge in [-0.1, -0.05) is 102 Å². The van der Waals surface area contributed by atoms with Crippen molar-refractivity contribution in [3.8, 4) is 23.4 Å². The van der Waals surface area contributed by atoms with E-state index in [1.54, 1.807) is 44.2 Å². The highest BCUT2D eigenvalue weighted by Gasteiger charge is 2.62. The Morgan fingerprint density at radius 1 is 1.02 bits per heavy atom. The molecule has 3 atom stereocenters. The second-order valence-corrected chi connectivity index (χ2v) is 15.3. The third-order valence-corrected chi connectivity index (χ3v) is 10.2. The van der Waals surface area contributed by atoms with Crippen molar-refractivity contribution in [2.75, 3.05) is 13.2 Å². The fourth-order valence-corrected chi connectivity index (χ4v) is 7.16. The molecule has 1 aromatic heterocycles. The third-order valence-electron chi connectivity index (χ3n) is 6.59. The number of nitriles is 1. The van der Waals surface area contributed by atoms with Crippen LogP contribution in [0.4, 0.5) is 0 Å². The van der Waals surface area contributed by atoms with Gasteiger partial charge in [0.05, 0.1) is 24.2 Å². The molecule has 15 heteroatoms. The summed E-state index contributed by atoms with van der Waals surface area (Å²) in [4.78, 5) is 16.5. The Morgan fingerprint density at radius 3 is 2.24 bits per heavy atom. The van der Waals surface area contributed by atoms with Crippen LogP contribution in [0.2, 0.25) is 15.2 Å². The first-order valence-electron chi connectivity index (χ1n) is 13.8. The Balaban J connectivity index is 0.000000277. The molecule has 3 aromatic rings. The summed E-state index contributed by atoms with van der Waals surface area (Å²) < 4.78 is 27.5. The van der Waals surface area contributed by atoms with Gasteiger partial charge in [-0.25, -0.2) is 0 Å². The lowest BCUT2D eigenvalue weighted by Crippen LogP contribution is -2.14. The van der Waals surface area contributed by atoms with E-state index in [-0.39, 0.29) is 42.8 Å². The molecule has 0 N–H and O–H groups in total. The highest BCUT2D eigenvalue weighted by Crippen LogP contribution is 2.60. The normalized spacial score (nSPS) is 17.0. The molecule has 0 spiro atoms. The zero-order chi connectivity index (χ0) is 34.1. The Labute approximate surface area is 298 Å². The number of hydrogen-bond donors (Lipinski definition) is 0. The molecule has 1 fully saturated rings. The maximum Gasteiger partial charge on any atom is 0.381 e. The Hall–Kier alpha value is -2.09. The van der Waals surface area contributed by atoms with Crippen LogP contribution < -0.4 is 9.26 Å². The van der Waals surface area contributed by atoms with Crippen LogP contribution in [0.3, 0.4) is 0 Å². The van der Waals surface area contributed by atoms with E-state index in [4.69, 9.17) is 92.9 Å². The first-order chi connectivity index (χ1) is 21.7. The predicted molar refractivity (Wildman–Crippen MR) is 185 cm³/mol. The van der Waals surface area contributed by atoms with Crippen molar-refractivity contribution in [2.24, 2.45) is 17.3 Å². The molecule has 4 rings (SSSR count). The molecule has 246 valence electrons. The van der Waals surface area contributed by atoms with Gasteiger partial charge >= 0.3 is 12.7 Å². The summed E-state index contributed by atoms with van der Waals surface area (Å²) in [6.07, 6.45) is 0.615. The second-order valence-electron chi connectivity index (χ2n) is 10.1. The molecular weight excluding hydrogens is 737 g/mol. The van der Waals surface area contributed by atoms with Crippen molar-refractivity contribution >= 4 is 82.5 Å². The molecule has 2 unspecified atom stereocenters. The quantitative estimate of drug-likeness (QED) is 0.101. The van der Waals surface area contributed by atoms with Crippen molar-refractivity contribution in [2.45, 2.75) is 33.8 Å². The topological polar surface area (TPSA) is 99.9 Å². The lowest BCUT2D eigenvalue weighted by molar-refractivity contribution is -0.149. The fourth-order valence-electron chi connectivity index (χ4n) is 4.30. The van der Waals surface area contributed by atoms with Gasteiger partial charge in [0.1, 0.15) is 27.1 Å². The highest BCUT2D eigenvalue weighted by molar-refractivity contribution is 8.07. The fraction of sp³-hybridized carbons (Fsp3) is 0.323. The minimum Gasteiger partial charge on any atom is -0.457 e. The minimum atomic E-state index is -2.92. The minimum absolute atomic E-state index is 0.0521. The van der Waals surface area contributed by atoms with Crippen LogP contribution in [-0.4, -0.2) is 24.2 Å². The molecule has 2 aromatic carbocycles. The number of para-hydroxylation sites is 1. The van der Waals surface area contributed by atoms with Gasteiger partial charge in [0, 0.05) is 17.4 Å². The SMILES string of the molecule is CC1(C)C(C=C(Cl)Cl)C1C(=O)O[C@H](C#N)c1cccc(Oc2ccccc2)c1.CCOP(=S)(OCC)Oc1nc(Cl)c(Cl)cc1Cl. The van der Waals surface area contributed by atoms with Crippen molar-refractivity contribution < 1.29 is 27.8 Å². The first-order valence-corrected chi connectivity index (χ1v) is 18.2. The number of esters is 1. The van der Waals surface area contributed by atoms with Gasteiger partial charge in [0.15, 0.2) is 5.15 Å². The van der Waals surface area contributed by atoms with Gasteiger partial charge in [-0.3, -0.25) is 13.8 Å². The molecule has 0 radical (unpaired) electrons. The predicted octanol–water partition coefficient (Wildman–Crippen LogP) is 10.9. The average Bonchev–Trinajstić information content (AvgIpc) is 3.54. The van der Waals surface area contributed by atoms with Crippen molar-refractivity contribution in [1.82, 2.24) is 4.98 Å². The van der Waals surface area contributed by atoms with Crippen LogP contribution in [0.25, 0.3) is 0 Å². The number of nitrogens with zero attached hydrogens (tertiary/aromatic N) is 2. The number of carbonyl (C=O) groups excluding carboxylic acids is 1. The molecule has 1 saturated carbocycles.